The lowest BCUT2D eigenvalue weighted by Gasteiger charge is -2.25. The molecule has 0 fully saturated rings. The van der Waals surface area contributed by atoms with Crippen LogP contribution in [0.25, 0.3) is 0 Å². The van der Waals surface area contributed by atoms with Crippen LogP contribution < -0.4 is 5.32 Å². The molecule has 0 saturated carbocycles. The van der Waals surface area contributed by atoms with Gasteiger partial charge >= 0.3 is 0 Å². The summed E-state index contributed by atoms with van der Waals surface area (Å²) in [7, 11) is 0. The summed E-state index contributed by atoms with van der Waals surface area (Å²) in [6, 6.07) is 8.19. The summed E-state index contributed by atoms with van der Waals surface area (Å²) in [6.45, 7) is 8.94. The highest BCUT2D eigenvalue weighted by Gasteiger charge is 2.19. The van der Waals surface area contributed by atoms with Crippen LogP contribution in [0.15, 0.2) is 24.3 Å². The van der Waals surface area contributed by atoms with E-state index in [-0.39, 0.29) is 5.41 Å². The maximum absolute atomic E-state index is 5.89. The molecule has 0 radical (unpaired) electrons. The molecule has 0 bridgehead atoms. The molecule has 0 aliphatic carbocycles. The first kappa shape index (κ1) is 13.5. The van der Waals surface area contributed by atoms with E-state index in [4.69, 9.17) is 11.6 Å². The molecule has 0 aliphatic rings. The van der Waals surface area contributed by atoms with Crippen LogP contribution in [0.1, 0.15) is 39.2 Å². The normalized spacial score (nSPS) is 11.8. The maximum Gasteiger partial charge on any atom is 0.0406 e. The van der Waals surface area contributed by atoms with E-state index in [1.165, 1.54) is 12.0 Å². The van der Waals surface area contributed by atoms with Crippen molar-refractivity contribution in [1.29, 1.82) is 0 Å². The first-order valence-electron chi connectivity index (χ1n) is 6.03. The van der Waals surface area contributed by atoms with Gasteiger partial charge in [-0.3, -0.25) is 0 Å². The molecule has 1 nitrogen and oxygen atoms in total. The molecule has 0 aromatic heterocycles. The molecule has 0 saturated heterocycles. The number of nitrogens with one attached hydrogen (secondary N) is 1. The molecule has 1 aromatic carbocycles. The Bertz CT molecular complexity index is 303. The smallest absolute Gasteiger partial charge is 0.0406 e. The summed E-state index contributed by atoms with van der Waals surface area (Å²) in [4.78, 5) is 0. The molecule has 0 atom stereocenters. The summed E-state index contributed by atoms with van der Waals surface area (Å²) < 4.78 is 0. The van der Waals surface area contributed by atoms with Crippen molar-refractivity contribution in [2.75, 3.05) is 13.1 Å². The predicted octanol–water partition coefficient (Wildman–Crippen LogP) is 4.01. The molecule has 90 valence electrons. The molecule has 1 aromatic rings. The van der Waals surface area contributed by atoms with Crippen molar-refractivity contribution >= 4 is 11.6 Å². The molecular formula is C14H22ClN. The van der Waals surface area contributed by atoms with Crippen molar-refractivity contribution in [3.05, 3.63) is 34.9 Å². The second kappa shape index (κ2) is 6.27. The third-order valence-corrected chi connectivity index (χ3v) is 3.23. The van der Waals surface area contributed by atoms with E-state index >= 15 is 0 Å². The second-order valence-electron chi connectivity index (χ2n) is 4.89. The van der Waals surface area contributed by atoms with E-state index < -0.39 is 0 Å². The van der Waals surface area contributed by atoms with Crippen LogP contribution in [0.3, 0.4) is 0 Å². The van der Waals surface area contributed by atoms with Gasteiger partial charge in [-0.15, -0.1) is 0 Å². The van der Waals surface area contributed by atoms with Gasteiger partial charge in [-0.25, -0.2) is 0 Å². The first-order valence-corrected chi connectivity index (χ1v) is 6.41. The monoisotopic (exact) mass is 239 g/mol. The lowest BCUT2D eigenvalue weighted by molar-refractivity contribution is 0.457. The van der Waals surface area contributed by atoms with Crippen LogP contribution in [0.4, 0.5) is 0 Å². The summed E-state index contributed by atoms with van der Waals surface area (Å²) >= 11 is 5.89. The zero-order valence-corrected chi connectivity index (χ0v) is 11.3. The molecule has 0 heterocycles. The Labute approximate surface area is 104 Å². The standard InChI is InChI=1S/C14H22ClN/c1-4-10-16-11-9-14(2,3)12-5-7-13(15)8-6-12/h5-8,16H,4,9-11H2,1-3H3. The molecule has 1 rings (SSSR count). The van der Waals surface area contributed by atoms with Crippen LogP contribution in [-0.4, -0.2) is 13.1 Å². The lowest BCUT2D eigenvalue weighted by atomic mass is 9.81. The number of hydrogen-bond donors (Lipinski definition) is 1. The van der Waals surface area contributed by atoms with Gasteiger partial charge in [0.05, 0.1) is 0 Å². The van der Waals surface area contributed by atoms with E-state index in [1.807, 2.05) is 12.1 Å². The molecule has 1 N–H and O–H groups in total. The van der Waals surface area contributed by atoms with Crippen LogP contribution in [0.2, 0.25) is 5.02 Å². The van der Waals surface area contributed by atoms with Gasteiger partial charge in [0.2, 0.25) is 0 Å². The van der Waals surface area contributed by atoms with Crippen molar-refractivity contribution in [2.45, 2.75) is 39.0 Å². The van der Waals surface area contributed by atoms with Crippen LogP contribution in [0.5, 0.6) is 0 Å². The van der Waals surface area contributed by atoms with Gasteiger partial charge < -0.3 is 5.32 Å². The highest BCUT2D eigenvalue weighted by Crippen LogP contribution is 2.27. The fourth-order valence-corrected chi connectivity index (χ4v) is 1.87. The minimum absolute atomic E-state index is 0.214. The number of rotatable bonds is 6. The Morgan fingerprint density at radius 2 is 1.75 bits per heavy atom. The molecule has 0 unspecified atom stereocenters. The third-order valence-electron chi connectivity index (χ3n) is 2.98. The SMILES string of the molecule is CCCNCCC(C)(C)c1ccc(Cl)cc1. The zero-order valence-electron chi connectivity index (χ0n) is 10.5. The molecule has 2 heteroatoms. The summed E-state index contributed by atoms with van der Waals surface area (Å²) in [5.41, 5.74) is 1.57. The Morgan fingerprint density at radius 1 is 1.12 bits per heavy atom. The van der Waals surface area contributed by atoms with Crippen molar-refractivity contribution < 1.29 is 0 Å². The fraction of sp³-hybridized carbons (Fsp3) is 0.571. The van der Waals surface area contributed by atoms with Crippen LogP contribution >= 0.6 is 11.6 Å². The fourth-order valence-electron chi connectivity index (χ4n) is 1.75. The summed E-state index contributed by atoms with van der Waals surface area (Å²) in [5, 5.41) is 4.26. The minimum atomic E-state index is 0.214. The van der Waals surface area contributed by atoms with Gasteiger partial charge in [0.1, 0.15) is 0 Å². The number of benzene rings is 1. The minimum Gasteiger partial charge on any atom is -0.317 e. The number of halogens is 1. The van der Waals surface area contributed by atoms with Crippen LogP contribution in [0, 0.1) is 0 Å². The van der Waals surface area contributed by atoms with E-state index in [2.05, 4.69) is 38.2 Å². The van der Waals surface area contributed by atoms with Crippen LogP contribution in [-0.2, 0) is 5.41 Å². The molecule has 0 aliphatic heterocycles. The van der Waals surface area contributed by atoms with Gasteiger partial charge in [0.25, 0.3) is 0 Å². The second-order valence-corrected chi connectivity index (χ2v) is 5.33. The Morgan fingerprint density at radius 3 is 2.31 bits per heavy atom. The molecule has 16 heavy (non-hydrogen) atoms. The topological polar surface area (TPSA) is 12.0 Å². The number of hydrogen-bond acceptors (Lipinski definition) is 1. The Balaban J connectivity index is 2.52. The van der Waals surface area contributed by atoms with E-state index in [1.54, 1.807) is 0 Å². The van der Waals surface area contributed by atoms with Crippen molar-refractivity contribution in [2.24, 2.45) is 0 Å². The van der Waals surface area contributed by atoms with E-state index in [9.17, 15) is 0 Å². The highest BCUT2D eigenvalue weighted by atomic mass is 35.5. The maximum atomic E-state index is 5.89. The summed E-state index contributed by atoms with van der Waals surface area (Å²) in [6.07, 6.45) is 2.34. The van der Waals surface area contributed by atoms with Gasteiger partial charge in [0, 0.05) is 5.02 Å². The Hall–Kier alpha value is -0.530. The van der Waals surface area contributed by atoms with Gasteiger partial charge in [0.15, 0.2) is 0 Å². The summed E-state index contributed by atoms with van der Waals surface area (Å²) in [5.74, 6) is 0. The van der Waals surface area contributed by atoms with Gasteiger partial charge in [-0.2, -0.15) is 0 Å². The third kappa shape index (κ3) is 4.15. The van der Waals surface area contributed by atoms with Gasteiger partial charge in [-0.05, 0) is 49.0 Å². The lowest BCUT2D eigenvalue weighted by Crippen LogP contribution is -2.25. The average Bonchev–Trinajstić information content (AvgIpc) is 2.25. The van der Waals surface area contributed by atoms with Crippen molar-refractivity contribution in [3.63, 3.8) is 0 Å². The largest absolute Gasteiger partial charge is 0.317 e. The predicted molar refractivity (Wildman–Crippen MR) is 72.3 cm³/mol. The Kier molecular flexibility index (Phi) is 5.30. The zero-order chi connectivity index (χ0) is 12.0. The highest BCUT2D eigenvalue weighted by molar-refractivity contribution is 6.30. The molecular weight excluding hydrogens is 218 g/mol. The van der Waals surface area contributed by atoms with E-state index in [0.29, 0.717) is 0 Å². The van der Waals surface area contributed by atoms with Crippen molar-refractivity contribution in [3.8, 4) is 0 Å². The van der Waals surface area contributed by atoms with Gasteiger partial charge in [-0.1, -0.05) is 44.5 Å². The first-order chi connectivity index (χ1) is 7.56. The average molecular weight is 240 g/mol. The molecule has 0 amide bonds. The quantitative estimate of drug-likeness (QED) is 0.740. The van der Waals surface area contributed by atoms with E-state index in [0.717, 1.165) is 24.5 Å². The van der Waals surface area contributed by atoms with Crippen molar-refractivity contribution in [1.82, 2.24) is 5.32 Å². The molecule has 0 spiro atoms.